The van der Waals surface area contributed by atoms with Gasteiger partial charge in [-0.1, -0.05) is 133 Å². The summed E-state index contributed by atoms with van der Waals surface area (Å²) >= 11 is 1.89. The van der Waals surface area contributed by atoms with Crippen molar-refractivity contribution in [2.45, 2.75) is 0 Å². The van der Waals surface area contributed by atoms with E-state index in [0.29, 0.717) is 0 Å². The van der Waals surface area contributed by atoms with E-state index in [2.05, 4.69) is 210 Å². The summed E-state index contributed by atoms with van der Waals surface area (Å²) in [5.41, 5.74) is 15.4. The fourth-order valence-corrected chi connectivity index (χ4v) is 9.50. The Balaban J connectivity index is 0.987. The Morgan fingerprint density at radius 1 is 0.345 bits per heavy atom. The van der Waals surface area contributed by atoms with Crippen molar-refractivity contribution in [1.29, 1.82) is 0 Å². The topological polar surface area (TPSA) is 15.3 Å². The lowest BCUT2D eigenvalue weighted by atomic mass is 9.89. The molecule has 10 aromatic rings. The van der Waals surface area contributed by atoms with Crippen molar-refractivity contribution < 1.29 is 0 Å². The summed E-state index contributed by atoms with van der Waals surface area (Å²) in [6.07, 6.45) is 0. The highest BCUT2D eigenvalue weighted by Gasteiger charge is 2.22. The number of rotatable bonds is 6. The summed E-state index contributed by atoms with van der Waals surface area (Å²) in [4.78, 5) is 2.35. The Bertz CT molecular complexity index is 2940. The zero-order valence-corrected chi connectivity index (χ0v) is 30.7. The third-order valence-electron chi connectivity index (χ3n) is 11.0. The molecule has 1 aromatic heterocycles. The first-order chi connectivity index (χ1) is 27.2. The predicted molar refractivity (Wildman–Crippen MR) is 237 cm³/mol. The molecular formula is C52H34N2S. The van der Waals surface area contributed by atoms with Crippen molar-refractivity contribution in [1.82, 2.24) is 0 Å². The molecule has 55 heavy (non-hydrogen) atoms. The maximum atomic E-state index is 3.77. The minimum absolute atomic E-state index is 1.11. The van der Waals surface area contributed by atoms with Crippen LogP contribution in [-0.2, 0) is 0 Å². The summed E-state index contributed by atoms with van der Waals surface area (Å²) in [5, 5.41) is 9.04. The van der Waals surface area contributed by atoms with E-state index in [0.717, 1.165) is 22.7 Å². The predicted octanol–water partition coefficient (Wildman–Crippen LogP) is 15.4. The van der Waals surface area contributed by atoms with E-state index in [1.807, 2.05) is 11.3 Å². The molecule has 0 radical (unpaired) electrons. The molecule has 0 unspecified atom stereocenters. The number of anilines is 5. The van der Waals surface area contributed by atoms with Gasteiger partial charge >= 0.3 is 0 Å². The van der Waals surface area contributed by atoms with E-state index >= 15 is 0 Å². The van der Waals surface area contributed by atoms with E-state index in [1.54, 1.807) is 0 Å². The molecule has 0 aliphatic carbocycles. The molecule has 9 aromatic carbocycles. The first kappa shape index (κ1) is 31.6. The highest BCUT2D eigenvalue weighted by Crippen LogP contribution is 2.50. The summed E-state index contributed by atoms with van der Waals surface area (Å²) in [6, 6.07) is 72.7. The lowest BCUT2D eigenvalue weighted by Gasteiger charge is -2.26. The van der Waals surface area contributed by atoms with Gasteiger partial charge in [-0.15, -0.1) is 11.3 Å². The highest BCUT2D eigenvalue weighted by atomic mass is 32.1. The number of benzene rings is 9. The minimum atomic E-state index is 1.11. The number of fused-ring (bicyclic) bond motifs is 6. The van der Waals surface area contributed by atoms with Gasteiger partial charge in [0.2, 0.25) is 0 Å². The van der Waals surface area contributed by atoms with Crippen molar-refractivity contribution in [2.75, 3.05) is 10.2 Å². The average molecular weight is 719 g/mol. The molecule has 0 saturated carbocycles. The van der Waals surface area contributed by atoms with E-state index < -0.39 is 0 Å². The van der Waals surface area contributed by atoms with Crippen LogP contribution in [-0.4, -0.2) is 0 Å². The number of nitrogens with one attached hydrogen (secondary N) is 1. The molecule has 0 atom stereocenters. The zero-order valence-electron chi connectivity index (χ0n) is 29.9. The highest BCUT2D eigenvalue weighted by molar-refractivity contribution is 7.26. The van der Waals surface area contributed by atoms with Crippen LogP contribution in [0.4, 0.5) is 28.4 Å². The molecule has 0 saturated heterocycles. The molecule has 2 nitrogen and oxygen atoms in total. The second-order valence-corrected chi connectivity index (χ2v) is 15.3. The van der Waals surface area contributed by atoms with Gasteiger partial charge in [0.05, 0.1) is 0 Å². The normalized spacial score (nSPS) is 11.8. The van der Waals surface area contributed by atoms with Crippen LogP contribution in [0.15, 0.2) is 200 Å². The quantitative estimate of drug-likeness (QED) is 0.184. The first-order valence-corrected chi connectivity index (χ1v) is 19.6. The Hall–Kier alpha value is -6.94. The lowest BCUT2D eigenvalue weighted by molar-refractivity contribution is 1.28. The Morgan fingerprint density at radius 3 is 1.47 bits per heavy atom. The average Bonchev–Trinajstić information content (AvgIpc) is 3.64. The number of hydrogen-bond acceptors (Lipinski definition) is 3. The van der Waals surface area contributed by atoms with Gasteiger partial charge in [-0.25, -0.2) is 0 Å². The maximum absolute atomic E-state index is 3.77. The van der Waals surface area contributed by atoms with Crippen LogP contribution in [0.2, 0.25) is 0 Å². The van der Waals surface area contributed by atoms with Gasteiger partial charge in [-0.3, -0.25) is 0 Å². The van der Waals surface area contributed by atoms with Crippen molar-refractivity contribution in [2.24, 2.45) is 0 Å². The maximum Gasteiger partial charge on any atom is 0.0470 e. The van der Waals surface area contributed by atoms with Crippen LogP contribution in [0.25, 0.3) is 75.5 Å². The molecule has 1 N–H and O–H groups in total. The first-order valence-electron chi connectivity index (χ1n) is 18.8. The van der Waals surface area contributed by atoms with Crippen LogP contribution in [0.1, 0.15) is 0 Å². The van der Waals surface area contributed by atoms with E-state index in [4.69, 9.17) is 0 Å². The largest absolute Gasteiger partial charge is 0.354 e. The molecule has 0 bridgehead atoms. The van der Waals surface area contributed by atoms with E-state index in [1.165, 1.54) is 81.1 Å². The second-order valence-electron chi connectivity index (χ2n) is 14.2. The van der Waals surface area contributed by atoms with Gasteiger partial charge in [-0.05, 0) is 106 Å². The third kappa shape index (κ3) is 5.40. The van der Waals surface area contributed by atoms with Crippen LogP contribution >= 0.6 is 11.3 Å². The number of nitrogens with zero attached hydrogens (tertiary/aromatic N) is 1. The van der Waals surface area contributed by atoms with Crippen LogP contribution < -0.4 is 10.2 Å². The van der Waals surface area contributed by atoms with Crippen molar-refractivity contribution >= 4 is 70.7 Å². The SMILES string of the molecule is c1ccc(-c2ccc(N(c3ccc(-c4ccccc4)cc3)c3ccc(-c4ccc5c(c4)-c4cc6c7ccccc7sc6c6cccc(c46)N5)cc3)cc2)cc1. The molecule has 1 aliphatic heterocycles. The van der Waals surface area contributed by atoms with Gasteiger partial charge < -0.3 is 10.2 Å². The molecule has 1 aliphatic rings. The lowest BCUT2D eigenvalue weighted by Crippen LogP contribution is -2.09. The van der Waals surface area contributed by atoms with Crippen LogP contribution in [0, 0.1) is 0 Å². The van der Waals surface area contributed by atoms with E-state index in [-0.39, 0.29) is 0 Å². The van der Waals surface area contributed by atoms with Crippen molar-refractivity contribution in [3.63, 3.8) is 0 Å². The molecule has 11 rings (SSSR count). The summed E-state index contributed by atoms with van der Waals surface area (Å²) < 4.78 is 2.68. The molecule has 0 spiro atoms. The smallest absolute Gasteiger partial charge is 0.0470 e. The molecule has 0 fully saturated rings. The third-order valence-corrected chi connectivity index (χ3v) is 12.2. The number of hydrogen-bond donors (Lipinski definition) is 1. The summed E-state index contributed by atoms with van der Waals surface area (Å²) in [5.74, 6) is 0. The molecular weight excluding hydrogens is 685 g/mol. The molecule has 258 valence electrons. The van der Waals surface area contributed by atoms with Crippen molar-refractivity contribution in [3.05, 3.63) is 200 Å². The van der Waals surface area contributed by atoms with Crippen molar-refractivity contribution in [3.8, 4) is 44.5 Å². The summed E-state index contributed by atoms with van der Waals surface area (Å²) in [7, 11) is 0. The second kappa shape index (κ2) is 12.9. The Morgan fingerprint density at radius 2 is 0.855 bits per heavy atom. The van der Waals surface area contributed by atoms with Gasteiger partial charge in [0.15, 0.2) is 0 Å². The Labute approximate surface area is 324 Å². The van der Waals surface area contributed by atoms with Gasteiger partial charge in [-0.2, -0.15) is 0 Å². The van der Waals surface area contributed by atoms with Gasteiger partial charge in [0.25, 0.3) is 0 Å². The fraction of sp³-hybridized carbons (Fsp3) is 0. The molecule has 3 heteroatoms. The fourth-order valence-electron chi connectivity index (χ4n) is 8.29. The van der Waals surface area contributed by atoms with Crippen LogP contribution in [0.3, 0.4) is 0 Å². The van der Waals surface area contributed by atoms with Gasteiger partial charge in [0.1, 0.15) is 0 Å². The molecule has 0 amide bonds. The monoisotopic (exact) mass is 718 g/mol. The Kier molecular flexibility index (Phi) is 7.39. The molecule has 2 heterocycles. The standard InChI is InChI=1S/C52H34N2S/c1-3-10-34(11-4-1)36-18-25-40(26-19-36)54(41-27-20-37(21-28-41)35-12-5-2-6-13-35)42-29-22-38(23-30-42)39-24-31-48-45(32-39)46-33-47-43-14-7-8-17-50(43)55-52(47)44-15-9-16-49(53-48)51(44)46/h1-33,53H. The summed E-state index contributed by atoms with van der Waals surface area (Å²) in [6.45, 7) is 0. The van der Waals surface area contributed by atoms with Crippen LogP contribution in [0.5, 0.6) is 0 Å². The minimum Gasteiger partial charge on any atom is -0.354 e. The van der Waals surface area contributed by atoms with E-state index in [9.17, 15) is 0 Å². The van der Waals surface area contributed by atoms with Gasteiger partial charge in [0, 0.05) is 64.9 Å². The zero-order chi connectivity index (χ0) is 36.3. The number of thiophene rings is 1.